The molecule has 0 amide bonds. The van der Waals surface area contributed by atoms with E-state index in [0.717, 1.165) is 0 Å². The summed E-state index contributed by atoms with van der Waals surface area (Å²) in [4.78, 5) is 11.2. The Bertz CT molecular complexity index is 677. The van der Waals surface area contributed by atoms with Crippen LogP contribution in [0.25, 0.3) is 23.1 Å². The molecule has 0 saturated carbocycles. The maximum absolute atomic E-state index is 11.2. The monoisotopic (exact) mass is 244 g/mol. The van der Waals surface area contributed by atoms with Gasteiger partial charge in [-0.1, -0.05) is 19.2 Å². The average molecular weight is 244 g/mol. The predicted octanol–water partition coefficient (Wildman–Crippen LogP) is 3.25. The minimum absolute atomic E-state index is 0.0765. The number of phenols is 1. The second kappa shape index (κ2) is 4.07. The van der Waals surface area contributed by atoms with Gasteiger partial charge in [-0.3, -0.25) is 4.79 Å². The first-order chi connectivity index (χ1) is 8.56. The number of hydrogen-bond acceptors (Lipinski definition) is 4. The van der Waals surface area contributed by atoms with Crippen molar-refractivity contribution in [3.05, 3.63) is 35.6 Å². The Labute approximate surface area is 103 Å². The molecule has 0 unspecified atom stereocenters. The van der Waals surface area contributed by atoms with E-state index in [0.29, 0.717) is 17.4 Å². The van der Waals surface area contributed by atoms with Crippen molar-refractivity contribution in [2.45, 2.75) is 6.92 Å². The molecule has 0 atom stereocenters. The highest BCUT2D eigenvalue weighted by Crippen LogP contribution is 2.43. The van der Waals surface area contributed by atoms with Gasteiger partial charge >= 0.3 is 0 Å². The first-order valence-electron chi connectivity index (χ1n) is 5.27. The summed E-state index contributed by atoms with van der Waals surface area (Å²) in [5.74, 6) is -0.210. The Hall–Kier alpha value is -2.49. The van der Waals surface area contributed by atoms with Crippen molar-refractivity contribution < 1.29 is 19.4 Å². The van der Waals surface area contributed by atoms with Crippen LogP contribution < -0.4 is 0 Å². The first kappa shape index (κ1) is 12.0. The molecule has 4 heteroatoms. The molecule has 2 N–H and O–H groups in total. The number of aldehydes is 1. The molecule has 0 aliphatic carbocycles. The lowest BCUT2D eigenvalue weighted by Gasteiger charge is -2.07. The van der Waals surface area contributed by atoms with Crippen molar-refractivity contribution in [1.29, 1.82) is 0 Å². The molecule has 92 valence electrons. The predicted molar refractivity (Wildman–Crippen MR) is 69.9 cm³/mol. The minimum Gasteiger partial charge on any atom is -0.504 e. The van der Waals surface area contributed by atoms with E-state index in [2.05, 4.69) is 13.2 Å². The second-order valence-corrected chi connectivity index (χ2v) is 3.85. The van der Waals surface area contributed by atoms with Crippen molar-refractivity contribution in [2.75, 3.05) is 0 Å². The Balaban J connectivity index is 3.12. The molecule has 1 heterocycles. The van der Waals surface area contributed by atoms with Crippen molar-refractivity contribution in [2.24, 2.45) is 0 Å². The Morgan fingerprint density at radius 3 is 2.28 bits per heavy atom. The first-order valence-corrected chi connectivity index (χ1v) is 5.27. The molecule has 0 saturated heterocycles. The summed E-state index contributed by atoms with van der Waals surface area (Å²) in [6, 6.07) is 0. The quantitative estimate of drug-likeness (QED) is 0.813. The molecule has 18 heavy (non-hydrogen) atoms. The number of furan rings is 1. The fourth-order valence-corrected chi connectivity index (χ4v) is 2.02. The van der Waals surface area contributed by atoms with E-state index in [1.54, 1.807) is 6.92 Å². The zero-order valence-corrected chi connectivity index (χ0v) is 9.86. The van der Waals surface area contributed by atoms with E-state index >= 15 is 0 Å². The fourth-order valence-electron chi connectivity index (χ4n) is 2.02. The number of phenolic OH excluding ortho intramolecular Hbond substituents is 1. The Kier molecular flexibility index (Phi) is 2.71. The van der Waals surface area contributed by atoms with Crippen LogP contribution in [-0.2, 0) is 0 Å². The number of hydrogen-bond donors (Lipinski definition) is 2. The molecule has 1 aromatic heterocycles. The van der Waals surface area contributed by atoms with Gasteiger partial charge in [0.1, 0.15) is 0 Å². The van der Waals surface area contributed by atoms with Gasteiger partial charge in [-0.15, -0.1) is 0 Å². The smallest absolute Gasteiger partial charge is 0.181 e. The lowest BCUT2D eigenvalue weighted by molar-refractivity contribution is 0.112. The van der Waals surface area contributed by atoms with Crippen molar-refractivity contribution in [1.82, 2.24) is 0 Å². The summed E-state index contributed by atoms with van der Waals surface area (Å²) in [6.45, 7) is 8.74. The van der Waals surface area contributed by atoms with Gasteiger partial charge in [0, 0.05) is 11.1 Å². The van der Waals surface area contributed by atoms with Gasteiger partial charge < -0.3 is 14.6 Å². The molecular formula is C14H12O4. The molecule has 4 nitrogen and oxygen atoms in total. The second-order valence-electron chi connectivity index (χ2n) is 3.85. The molecule has 0 aliphatic rings. The molecule has 0 radical (unpaired) electrons. The zero-order valence-electron chi connectivity index (χ0n) is 9.86. The summed E-state index contributed by atoms with van der Waals surface area (Å²) in [5.41, 5.74) is 1.27. The third-order valence-electron chi connectivity index (χ3n) is 2.95. The van der Waals surface area contributed by atoms with Gasteiger partial charge in [0.15, 0.2) is 29.1 Å². The highest BCUT2D eigenvalue weighted by molar-refractivity contribution is 6.07. The number of aromatic hydroxyl groups is 2. The summed E-state index contributed by atoms with van der Waals surface area (Å²) in [7, 11) is 0. The average Bonchev–Trinajstić information content (AvgIpc) is 2.71. The van der Waals surface area contributed by atoms with Crippen LogP contribution in [0.1, 0.15) is 27.2 Å². The number of rotatable bonds is 3. The van der Waals surface area contributed by atoms with E-state index in [1.165, 1.54) is 12.2 Å². The number of carbonyl (C=O) groups excluding carboxylic acids is 1. The van der Waals surface area contributed by atoms with Gasteiger partial charge in [0.2, 0.25) is 0 Å². The SMILES string of the molecule is C=Cc1oc2c(O)c(C)c(C=C)c(C=O)c2c1O. The van der Waals surface area contributed by atoms with E-state index in [1.807, 2.05) is 0 Å². The largest absolute Gasteiger partial charge is 0.504 e. The topological polar surface area (TPSA) is 70.7 Å². The van der Waals surface area contributed by atoms with Crippen LogP contribution in [0.2, 0.25) is 0 Å². The van der Waals surface area contributed by atoms with Gasteiger partial charge in [0.25, 0.3) is 0 Å². The molecule has 0 spiro atoms. The van der Waals surface area contributed by atoms with Crippen LogP contribution in [0, 0.1) is 6.92 Å². The molecule has 0 aliphatic heterocycles. The third-order valence-corrected chi connectivity index (χ3v) is 2.95. The van der Waals surface area contributed by atoms with Crippen molar-refractivity contribution in [3.8, 4) is 11.5 Å². The number of benzene rings is 1. The normalized spacial score (nSPS) is 10.5. The summed E-state index contributed by atoms with van der Waals surface area (Å²) in [5, 5.41) is 20.2. The van der Waals surface area contributed by atoms with Gasteiger partial charge in [-0.25, -0.2) is 0 Å². The maximum atomic E-state index is 11.2. The molecule has 2 aromatic rings. The summed E-state index contributed by atoms with van der Waals surface area (Å²) < 4.78 is 5.29. The van der Waals surface area contributed by atoms with Crippen LogP contribution in [0.3, 0.4) is 0 Å². The zero-order chi connectivity index (χ0) is 13.4. The van der Waals surface area contributed by atoms with Crippen LogP contribution in [0.4, 0.5) is 0 Å². The van der Waals surface area contributed by atoms with E-state index in [4.69, 9.17) is 4.42 Å². The fraction of sp³-hybridized carbons (Fsp3) is 0.0714. The Morgan fingerprint density at radius 1 is 1.11 bits per heavy atom. The molecule has 2 rings (SSSR count). The lowest BCUT2D eigenvalue weighted by atomic mass is 9.97. The number of fused-ring (bicyclic) bond motifs is 1. The number of carbonyl (C=O) groups is 1. The highest BCUT2D eigenvalue weighted by atomic mass is 16.4. The molecule has 0 bridgehead atoms. The van der Waals surface area contributed by atoms with E-state index < -0.39 is 0 Å². The Morgan fingerprint density at radius 2 is 1.78 bits per heavy atom. The van der Waals surface area contributed by atoms with E-state index in [-0.39, 0.29) is 33.8 Å². The van der Waals surface area contributed by atoms with Crippen LogP contribution in [0.5, 0.6) is 11.5 Å². The van der Waals surface area contributed by atoms with E-state index in [9.17, 15) is 15.0 Å². The third kappa shape index (κ3) is 1.35. The van der Waals surface area contributed by atoms with Crippen LogP contribution in [0.15, 0.2) is 17.6 Å². The van der Waals surface area contributed by atoms with Crippen LogP contribution >= 0.6 is 0 Å². The van der Waals surface area contributed by atoms with Crippen molar-refractivity contribution in [3.63, 3.8) is 0 Å². The summed E-state index contributed by atoms with van der Waals surface area (Å²) in [6.07, 6.45) is 3.37. The summed E-state index contributed by atoms with van der Waals surface area (Å²) >= 11 is 0. The van der Waals surface area contributed by atoms with Crippen molar-refractivity contribution >= 4 is 29.4 Å². The lowest BCUT2D eigenvalue weighted by Crippen LogP contribution is -1.92. The highest BCUT2D eigenvalue weighted by Gasteiger charge is 2.22. The maximum Gasteiger partial charge on any atom is 0.181 e. The molecular weight excluding hydrogens is 232 g/mol. The van der Waals surface area contributed by atoms with Gasteiger partial charge in [-0.2, -0.15) is 0 Å². The van der Waals surface area contributed by atoms with Crippen LogP contribution in [-0.4, -0.2) is 16.5 Å². The molecule has 1 aromatic carbocycles. The minimum atomic E-state index is -0.208. The molecule has 0 fully saturated rings. The standard InChI is InChI=1S/C14H12O4/c1-4-8-7(3)12(16)14-11(9(8)6-15)13(17)10(5-2)18-14/h4-6,16-17H,1-2H2,3H3. The van der Waals surface area contributed by atoms with Gasteiger partial charge in [-0.05, 0) is 18.6 Å². The van der Waals surface area contributed by atoms with Gasteiger partial charge in [0.05, 0.1) is 5.39 Å².